The Labute approximate surface area is 220 Å². The number of ether oxygens (including phenoxy) is 4. The number of rotatable bonds is 9. The fourth-order valence-electron chi connectivity index (χ4n) is 6.45. The Hall–Kier alpha value is -2.45. The molecule has 0 bridgehead atoms. The second-order valence-electron chi connectivity index (χ2n) is 11.2. The van der Waals surface area contributed by atoms with Crippen molar-refractivity contribution in [3.63, 3.8) is 0 Å². The molecule has 1 aliphatic heterocycles. The highest BCUT2D eigenvalue weighted by molar-refractivity contribution is 5.72. The summed E-state index contributed by atoms with van der Waals surface area (Å²) in [6.45, 7) is 18.5. The van der Waals surface area contributed by atoms with E-state index in [4.69, 9.17) is 18.9 Å². The number of hydrogen-bond donors (Lipinski definition) is 1. The van der Waals surface area contributed by atoms with Gasteiger partial charge in [0.15, 0.2) is 0 Å². The highest BCUT2D eigenvalue weighted by Gasteiger charge is 2.71. The third-order valence-electron chi connectivity index (χ3n) is 8.95. The van der Waals surface area contributed by atoms with Crippen molar-refractivity contribution in [2.45, 2.75) is 98.4 Å². The summed E-state index contributed by atoms with van der Waals surface area (Å²) in [5, 5.41) is 11.7. The van der Waals surface area contributed by atoms with Crippen LogP contribution in [-0.4, -0.2) is 47.8 Å². The van der Waals surface area contributed by atoms with Gasteiger partial charge in [-0.15, -0.1) is 0 Å². The smallest absolute Gasteiger partial charge is 0.309 e. The van der Waals surface area contributed by atoms with Crippen molar-refractivity contribution in [3.8, 4) is 0 Å². The number of hydrogen-bond acceptors (Lipinski definition) is 8. The summed E-state index contributed by atoms with van der Waals surface area (Å²) in [5.74, 6) is -1.99. The standard InChI is InChI=1S/C29H42O8/c1-9-16(3)11-12-28(8)18(5)13-24(32)29-22(26(34-19(6)30)37-27(29)35-20(7)31)14-21(15-23(28)29)36-25(33)17(4)10-2/h9,14,17-18,21,23-24,26-27,32H,1,3,10-13,15H2,2,4-8H3/t17?,18-,21+,23+,24+,26+,27-,28-,29-/m1/s1. The number of aliphatic hydroxyl groups is 1. The Kier molecular flexibility index (Phi) is 8.75. The fraction of sp³-hybridized carbons (Fsp3) is 0.690. The van der Waals surface area contributed by atoms with Crippen LogP contribution in [-0.2, 0) is 33.3 Å². The molecule has 9 atom stereocenters. The van der Waals surface area contributed by atoms with Crippen LogP contribution in [0.2, 0.25) is 0 Å². The van der Waals surface area contributed by atoms with E-state index in [0.717, 1.165) is 12.0 Å². The van der Waals surface area contributed by atoms with Crippen molar-refractivity contribution < 1.29 is 38.4 Å². The second-order valence-corrected chi connectivity index (χ2v) is 11.2. The van der Waals surface area contributed by atoms with Crippen molar-refractivity contribution in [1.29, 1.82) is 0 Å². The zero-order chi connectivity index (χ0) is 27.7. The van der Waals surface area contributed by atoms with Crippen LogP contribution >= 0.6 is 0 Å². The number of carbonyl (C=O) groups excluding carboxylic acids is 3. The fourth-order valence-corrected chi connectivity index (χ4v) is 6.45. The first kappa shape index (κ1) is 29.1. The Morgan fingerprint density at radius 2 is 1.86 bits per heavy atom. The third kappa shape index (κ3) is 5.28. The van der Waals surface area contributed by atoms with Gasteiger partial charge in [0.1, 0.15) is 6.10 Å². The van der Waals surface area contributed by atoms with E-state index in [1.165, 1.54) is 13.8 Å². The molecular formula is C29H42O8. The van der Waals surface area contributed by atoms with E-state index in [1.54, 1.807) is 12.2 Å². The van der Waals surface area contributed by atoms with Gasteiger partial charge in [0, 0.05) is 19.4 Å². The van der Waals surface area contributed by atoms with Gasteiger partial charge in [-0.1, -0.05) is 52.5 Å². The van der Waals surface area contributed by atoms with Gasteiger partial charge in [0.2, 0.25) is 12.6 Å². The van der Waals surface area contributed by atoms with Crippen LogP contribution in [0.1, 0.15) is 73.6 Å². The number of carbonyl (C=O) groups is 3. The molecule has 37 heavy (non-hydrogen) atoms. The predicted octanol–water partition coefficient (Wildman–Crippen LogP) is 4.62. The molecule has 8 heteroatoms. The van der Waals surface area contributed by atoms with Crippen molar-refractivity contribution in [2.75, 3.05) is 0 Å². The van der Waals surface area contributed by atoms with Crippen LogP contribution in [0, 0.1) is 28.6 Å². The van der Waals surface area contributed by atoms with Crippen molar-refractivity contribution >= 4 is 17.9 Å². The van der Waals surface area contributed by atoms with Gasteiger partial charge in [-0.25, -0.2) is 0 Å². The molecule has 1 saturated heterocycles. The van der Waals surface area contributed by atoms with E-state index < -0.39 is 47.6 Å². The maximum absolute atomic E-state index is 12.8. The molecule has 1 N–H and O–H groups in total. The zero-order valence-electron chi connectivity index (χ0n) is 23.0. The summed E-state index contributed by atoms with van der Waals surface area (Å²) in [4.78, 5) is 37.0. The van der Waals surface area contributed by atoms with Gasteiger partial charge in [0.25, 0.3) is 0 Å². The molecule has 8 nitrogen and oxygen atoms in total. The Morgan fingerprint density at radius 1 is 1.22 bits per heavy atom. The largest absolute Gasteiger partial charge is 0.458 e. The van der Waals surface area contributed by atoms with Gasteiger partial charge in [0.05, 0.1) is 17.4 Å². The monoisotopic (exact) mass is 518 g/mol. The van der Waals surface area contributed by atoms with Gasteiger partial charge in [-0.05, 0) is 55.4 Å². The van der Waals surface area contributed by atoms with E-state index in [1.807, 2.05) is 13.8 Å². The van der Waals surface area contributed by atoms with Gasteiger partial charge < -0.3 is 19.3 Å². The Morgan fingerprint density at radius 3 is 2.43 bits per heavy atom. The summed E-state index contributed by atoms with van der Waals surface area (Å²) in [6.07, 6.45) is 2.45. The van der Waals surface area contributed by atoms with Crippen LogP contribution in [0.25, 0.3) is 0 Å². The van der Waals surface area contributed by atoms with E-state index in [9.17, 15) is 19.5 Å². The number of esters is 3. The first-order valence-corrected chi connectivity index (χ1v) is 13.2. The molecular weight excluding hydrogens is 476 g/mol. The first-order valence-electron chi connectivity index (χ1n) is 13.2. The molecule has 0 aromatic carbocycles. The summed E-state index contributed by atoms with van der Waals surface area (Å²) in [7, 11) is 0. The summed E-state index contributed by atoms with van der Waals surface area (Å²) >= 11 is 0. The number of allylic oxidation sites excluding steroid dienone is 2. The quantitative estimate of drug-likeness (QED) is 0.204. The molecule has 2 fully saturated rings. The summed E-state index contributed by atoms with van der Waals surface area (Å²) in [5.41, 5.74) is -0.169. The number of aliphatic hydroxyl groups excluding tert-OH is 1. The van der Waals surface area contributed by atoms with Crippen molar-refractivity contribution in [2.24, 2.45) is 28.6 Å². The molecule has 0 amide bonds. The SMILES string of the molecule is C=CC(=C)CC[C@]1(C)[C@H](C)C[C@H](O)[C@@]23C(=C[C@H](OC(=O)C(C)CC)C[C@@H]12)[C@@H](OC(C)=O)O[C@H]3OC(C)=O. The molecule has 206 valence electrons. The molecule has 3 rings (SSSR count). The van der Waals surface area contributed by atoms with Crippen LogP contribution in [0.15, 0.2) is 36.5 Å². The molecule has 0 aromatic rings. The first-order chi connectivity index (χ1) is 17.3. The van der Waals surface area contributed by atoms with Crippen LogP contribution in [0.4, 0.5) is 0 Å². The normalized spacial score (nSPS) is 37.3. The van der Waals surface area contributed by atoms with E-state index in [-0.39, 0.29) is 23.7 Å². The highest BCUT2D eigenvalue weighted by Crippen LogP contribution is 2.67. The molecule has 1 spiro atoms. The maximum atomic E-state index is 12.8. The van der Waals surface area contributed by atoms with Crippen LogP contribution < -0.4 is 0 Å². The molecule has 3 aliphatic rings. The third-order valence-corrected chi connectivity index (χ3v) is 8.95. The second kappa shape index (κ2) is 11.1. The molecule has 1 heterocycles. The van der Waals surface area contributed by atoms with Gasteiger partial charge in [-0.3, -0.25) is 19.1 Å². The highest BCUT2D eigenvalue weighted by atomic mass is 16.8. The lowest BCUT2D eigenvalue weighted by atomic mass is 9.45. The van der Waals surface area contributed by atoms with Crippen molar-refractivity contribution in [3.05, 3.63) is 36.5 Å². The molecule has 1 saturated carbocycles. The molecule has 2 aliphatic carbocycles. The minimum absolute atomic E-state index is 0.0757. The van der Waals surface area contributed by atoms with E-state index >= 15 is 0 Å². The molecule has 1 unspecified atom stereocenters. The van der Waals surface area contributed by atoms with E-state index in [2.05, 4.69) is 27.0 Å². The Balaban J connectivity index is 2.19. The topological polar surface area (TPSA) is 108 Å². The maximum Gasteiger partial charge on any atom is 0.309 e. The van der Waals surface area contributed by atoms with Crippen molar-refractivity contribution in [1.82, 2.24) is 0 Å². The average molecular weight is 519 g/mol. The minimum Gasteiger partial charge on any atom is -0.458 e. The zero-order valence-corrected chi connectivity index (χ0v) is 23.0. The van der Waals surface area contributed by atoms with Crippen LogP contribution in [0.3, 0.4) is 0 Å². The van der Waals surface area contributed by atoms with Gasteiger partial charge >= 0.3 is 17.9 Å². The predicted molar refractivity (Wildman–Crippen MR) is 137 cm³/mol. The summed E-state index contributed by atoms with van der Waals surface area (Å²) in [6, 6.07) is 0. The Bertz CT molecular complexity index is 969. The van der Waals surface area contributed by atoms with Gasteiger partial charge in [-0.2, -0.15) is 0 Å². The lowest BCUT2D eigenvalue weighted by Crippen LogP contribution is -2.63. The van der Waals surface area contributed by atoms with E-state index in [0.29, 0.717) is 31.3 Å². The van der Waals surface area contributed by atoms with Crippen LogP contribution in [0.5, 0.6) is 0 Å². The summed E-state index contributed by atoms with van der Waals surface area (Å²) < 4.78 is 23.2. The lowest BCUT2D eigenvalue weighted by Gasteiger charge is -2.60. The molecule has 0 radical (unpaired) electrons. The molecule has 0 aromatic heterocycles. The minimum atomic E-state index is -1.18. The lowest BCUT2D eigenvalue weighted by molar-refractivity contribution is -0.254. The average Bonchev–Trinajstić information content (AvgIpc) is 3.12.